The van der Waals surface area contributed by atoms with Crippen molar-refractivity contribution in [2.45, 2.75) is 57.0 Å². The SMILES string of the molecule is CCOC(=O)N1c2ccc(C(F)(F)F)cc2[C@H](C(N)c2cc(Cl)cc(C(F)(F)F)c2)C[C@H]1CC. The number of benzene rings is 2. The van der Waals surface area contributed by atoms with Gasteiger partial charge in [-0.3, -0.25) is 4.90 Å². The Balaban J connectivity index is 2.17. The molecule has 1 aliphatic rings. The number of hydrogen-bond acceptors (Lipinski definition) is 3. The Morgan fingerprint density at radius 3 is 2.29 bits per heavy atom. The predicted molar refractivity (Wildman–Crippen MR) is 116 cm³/mol. The van der Waals surface area contributed by atoms with Gasteiger partial charge >= 0.3 is 18.4 Å². The number of nitrogens with two attached hydrogens (primary N) is 1. The van der Waals surface area contributed by atoms with Crippen molar-refractivity contribution in [3.63, 3.8) is 0 Å². The topological polar surface area (TPSA) is 55.6 Å². The molecule has 1 heterocycles. The Morgan fingerprint density at radius 2 is 1.74 bits per heavy atom. The van der Waals surface area contributed by atoms with Crippen LogP contribution in [0, 0.1) is 0 Å². The van der Waals surface area contributed by atoms with E-state index in [1.165, 1.54) is 17.0 Å². The standard InChI is InChI=1S/C23H23ClF6N2O2/c1-3-16-11-18(20(31)12-7-14(23(28,29)30)9-15(24)8-12)17-10-13(22(25,26)27)5-6-19(17)32(16)21(33)34-4-2/h5-10,16,18,20H,3-4,11,31H2,1-2H3/t16-,18-,20?/m1/s1. The molecular formula is C23H23ClF6N2O2. The maximum atomic E-state index is 13.5. The number of hydrogen-bond donors (Lipinski definition) is 1. The molecule has 4 nitrogen and oxygen atoms in total. The van der Waals surface area contributed by atoms with Crippen LogP contribution < -0.4 is 10.6 Å². The van der Waals surface area contributed by atoms with Crippen LogP contribution in [0.25, 0.3) is 0 Å². The molecule has 186 valence electrons. The quantitative estimate of drug-likeness (QED) is 0.441. The molecular weight excluding hydrogens is 486 g/mol. The number of carbonyl (C=O) groups excluding carboxylic acids is 1. The minimum Gasteiger partial charge on any atom is -0.449 e. The first-order chi connectivity index (χ1) is 15.8. The summed E-state index contributed by atoms with van der Waals surface area (Å²) in [6.07, 6.45) is -9.52. The maximum absolute atomic E-state index is 13.5. The first-order valence-electron chi connectivity index (χ1n) is 10.6. The zero-order valence-corrected chi connectivity index (χ0v) is 19.1. The van der Waals surface area contributed by atoms with Crippen molar-refractivity contribution in [1.82, 2.24) is 0 Å². The van der Waals surface area contributed by atoms with Crippen LogP contribution in [0.1, 0.15) is 60.9 Å². The molecule has 3 atom stereocenters. The Labute approximate surface area is 197 Å². The van der Waals surface area contributed by atoms with Crippen molar-refractivity contribution in [2.75, 3.05) is 11.5 Å². The van der Waals surface area contributed by atoms with Gasteiger partial charge in [0, 0.05) is 23.0 Å². The summed E-state index contributed by atoms with van der Waals surface area (Å²) in [5.74, 6) is -0.813. The number of nitrogens with zero attached hydrogens (tertiary/aromatic N) is 1. The lowest BCUT2D eigenvalue weighted by atomic mass is 9.77. The molecule has 1 aliphatic heterocycles. The van der Waals surface area contributed by atoms with Gasteiger partial charge in [0.05, 0.1) is 23.4 Å². The van der Waals surface area contributed by atoms with E-state index in [-0.39, 0.29) is 34.9 Å². The summed E-state index contributed by atoms with van der Waals surface area (Å²) in [5.41, 5.74) is 4.74. The molecule has 0 bridgehead atoms. The summed E-state index contributed by atoms with van der Waals surface area (Å²) < 4.78 is 85.5. The third-order valence-corrected chi connectivity index (χ3v) is 6.12. The minimum atomic E-state index is -4.68. The number of amides is 1. The highest BCUT2D eigenvalue weighted by Gasteiger charge is 2.41. The third kappa shape index (κ3) is 5.27. The van der Waals surface area contributed by atoms with E-state index >= 15 is 0 Å². The summed E-state index contributed by atoms with van der Waals surface area (Å²) in [6.45, 7) is 3.45. The summed E-state index contributed by atoms with van der Waals surface area (Å²) in [4.78, 5) is 14.0. The van der Waals surface area contributed by atoms with Crippen LogP contribution in [-0.4, -0.2) is 18.7 Å². The lowest BCUT2D eigenvalue weighted by Gasteiger charge is -2.42. The Hall–Kier alpha value is -2.46. The average Bonchev–Trinajstić information content (AvgIpc) is 2.75. The molecule has 2 aromatic carbocycles. The molecule has 0 spiro atoms. The number of anilines is 1. The van der Waals surface area contributed by atoms with Gasteiger partial charge in [-0.15, -0.1) is 0 Å². The molecule has 1 unspecified atom stereocenters. The lowest BCUT2D eigenvalue weighted by Crippen LogP contribution is -2.46. The second kappa shape index (κ2) is 9.65. The largest absolute Gasteiger partial charge is 0.449 e. The lowest BCUT2D eigenvalue weighted by molar-refractivity contribution is -0.138. The highest BCUT2D eigenvalue weighted by molar-refractivity contribution is 6.30. The van der Waals surface area contributed by atoms with Crippen LogP contribution in [0.2, 0.25) is 5.02 Å². The van der Waals surface area contributed by atoms with Crippen LogP contribution in [0.5, 0.6) is 0 Å². The normalized spacial score (nSPS) is 19.5. The molecule has 0 saturated heterocycles. The number of alkyl halides is 6. The molecule has 0 aliphatic carbocycles. The molecule has 3 rings (SSSR count). The molecule has 2 N–H and O–H groups in total. The van der Waals surface area contributed by atoms with Crippen molar-refractivity contribution in [3.8, 4) is 0 Å². The van der Waals surface area contributed by atoms with Crippen LogP contribution in [-0.2, 0) is 17.1 Å². The van der Waals surface area contributed by atoms with Gasteiger partial charge in [-0.25, -0.2) is 4.79 Å². The highest BCUT2D eigenvalue weighted by Crippen LogP contribution is 2.47. The van der Waals surface area contributed by atoms with E-state index in [1.807, 2.05) is 0 Å². The predicted octanol–water partition coefficient (Wildman–Crippen LogP) is 7.31. The molecule has 0 radical (unpaired) electrons. The van der Waals surface area contributed by atoms with Crippen LogP contribution in [0.3, 0.4) is 0 Å². The second-order valence-electron chi connectivity index (χ2n) is 8.04. The Morgan fingerprint density at radius 1 is 1.09 bits per heavy atom. The molecule has 0 fully saturated rings. The van der Waals surface area contributed by atoms with Crippen molar-refractivity contribution < 1.29 is 35.9 Å². The summed E-state index contributed by atoms with van der Waals surface area (Å²) in [7, 11) is 0. The summed E-state index contributed by atoms with van der Waals surface area (Å²) in [5, 5.41) is -0.194. The van der Waals surface area contributed by atoms with Gasteiger partial charge in [0.2, 0.25) is 0 Å². The number of fused-ring (bicyclic) bond motifs is 1. The molecule has 0 saturated carbocycles. The van der Waals surface area contributed by atoms with E-state index in [0.717, 1.165) is 24.3 Å². The Bertz CT molecular complexity index is 1060. The molecule has 11 heteroatoms. The van der Waals surface area contributed by atoms with Crippen molar-refractivity contribution in [3.05, 3.63) is 63.7 Å². The molecule has 0 aromatic heterocycles. The van der Waals surface area contributed by atoms with Crippen LogP contribution in [0.15, 0.2) is 36.4 Å². The van der Waals surface area contributed by atoms with Crippen LogP contribution >= 0.6 is 11.6 Å². The van der Waals surface area contributed by atoms with E-state index in [9.17, 15) is 31.1 Å². The molecule has 34 heavy (non-hydrogen) atoms. The van der Waals surface area contributed by atoms with Gasteiger partial charge in [0.15, 0.2) is 0 Å². The number of carbonyl (C=O) groups is 1. The molecule has 1 amide bonds. The maximum Gasteiger partial charge on any atom is 0.416 e. The van der Waals surface area contributed by atoms with Gasteiger partial charge < -0.3 is 10.5 Å². The Kier molecular flexibility index (Phi) is 7.43. The fourth-order valence-corrected chi connectivity index (χ4v) is 4.54. The third-order valence-electron chi connectivity index (χ3n) is 5.91. The highest BCUT2D eigenvalue weighted by atomic mass is 35.5. The van der Waals surface area contributed by atoms with E-state index < -0.39 is 47.6 Å². The smallest absolute Gasteiger partial charge is 0.416 e. The summed E-state index contributed by atoms with van der Waals surface area (Å²) in [6, 6.07) is 4.21. The number of halogens is 7. The van der Waals surface area contributed by atoms with Crippen molar-refractivity contribution in [2.24, 2.45) is 5.73 Å². The number of rotatable bonds is 4. The average molecular weight is 509 g/mol. The second-order valence-corrected chi connectivity index (χ2v) is 8.48. The minimum absolute atomic E-state index is 0.0348. The number of ether oxygens (including phenoxy) is 1. The van der Waals surface area contributed by atoms with Crippen LogP contribution in [0.4, 0.5) is 36.8 Å². The molecule has 2 aromatic rings. The van der Waals surface area contributed by atoms with Gasteiger partial charge in [0.25, 0.3) is 0 Å². The van der Waals surface area contributed by atoms with E-state index in [4.69, 9.17) is 22.1 Å². The van der Waals surface area contributed by atoms with E-state index in [0.29, 0.717) is 6.42 Å². The van der Waals surface area contributed by atoms with Gasteiger partial charge in [-0.05, 0) is 67.3 Å². The van der Waals surface area contributed by atoms with Gasteiger partial charge in [0.1, 0.15) is 0 Å². The zero-order chi connectivity index (χ0) is 25.4. The van der Waals surface area contributed by atoms with Crippen molar-refractivity contribution in [1.29, 1.82) is 0 Å². The first kappa shape index (κ1) is 26.2. The monoisotopic (exact) mass is 508 g/mol. The van der Waals surface area contributed by atoms with Gasteiger partial charge in [-0.2, -0.15) is 26.3 Å². The fraction of sp³-hybridized carbons (Fsp3) is 0.435. The summed E-state index contributed by atoms with van der Waals surface area (Å²) >= 11 is 5.91. The van der Waals surface area contributed by atoms with E-state index in [2.05, 4.69) is 0 Å². The fourth-order valence-electron chi connectivity index (χ4n) is 4.30. The first-order valence-corrected chi connectivity index (χ1v) is 11.0. The zero-order valence-electron chi connectivity index (χ0n) is 18.3. The van der Waals surface area contributed by atoms with Gasteiger partial charge in [-0.1, -0.05) is 18.5 Å². The van der Waals surface area contributed by atoms with Crippen molar-refractivity contribution >= 4 is 23.4 Å². The van der Waals surface area contributed by atoms with E-state index in [1.54, 1.807) is 13.8 Å².